The molecular formula is C18H19NO2. The van der Waals surface area contributed by atoms with E-state index in [1.54, 1.807) is 13.1 Å². The topological polar surface area (TPSA) is 38.7 Å². The Bertz CT molecular complexity index is 579. The van der Waals surface area contributed by atoms with Crippen molar-refractivity contribution in [1.82, 2.24) is 0 Å². The molecule has 0 heterocycles. The summed E-state index contributed by atoms with van der Waals surface area (Å²) in [7, 11) is 0. The number of aliphatic imine (C=N–C) groups is 1. The van der Waals surface area contributed by atoms with Crippen LogP contribution < -0.4 is 0 Å². The van der Waals surface area contributed by atoms with Crippen molar-refractivity contribution in [3.05, 3.63) is 71.8 Å². The standard InChI is InChI=1S/C18H19NO2/c1-2-21-18(20)17(13-15-9-5-3-6-10-15)19-14-16-11-7-4-8-12-16/h3-12,14,17H,2,13H2,1H3/t17-/m0/s1. The molecular weight excluding hydrogens is 262 g/mol. The molecule has 2 rings (SSSR count). The van der Waals surface area contributed by atoms with Crippen LogP contribution in [0.3, 0.4) is 0 Å². The van der Waals surface area contributed by atoms with Crippen molar-refractivity contribution in [2.45, 2.75) is 19.4 Å². The predicted octanol–water partition coefficient (Wildman–Crippen LogP) is 3.28. The molecule has 0 radical (unpaired) electrons. The lowest BCUT2D eigenvalue weighted by molar-refractivity contribution is -0.144. The first-order valence-electron chi connectivity index (χ1n) is 7.08. The third kappa shape index (κ3) is 4.88. The van der Waals surface area contributed by atoms with Crippen LogP contribution >= 0.6 is 0 Å². The number of esters is 1. The van der Waals surface area contributed by atoms with E-state index >= 15 is 0 Å². The molecule has 0 saturated heterocycles. The van der Waals surface area contributed by atoms with E-state index in [1.807, 2.05) is 60.7 Å². The van der Waals surface area contributed by atoms with E-state index in [1.165, 1.54) is 0 Å². The van der Waals surface area contributed by atoms with Gasteiger partial charge in [0.2, 0.25) is 0 Å². The highest BCUT2D eigenvalue weighted by Gasteiger charge is 2.18. The Balaban J connectivity index is 2.12. The quantitative estimate of drug-likeness (QED) is 0.602. The average Bonchev–Trinajstić information content (AvgIpc) is 2.53. The fraction of sp³-hybridized carbons (Fsp3) is 0.222. The fourth-order valence-corrected chi connectivity index (χ4v) is 1.99. The molecule has 0 unspecified atom stereocenters. The molecule has 0 fully saturated rings. The number of benzene rings is 2. The van der Waals surface area contributed by atoms with E-state index in [4.69, 9.17) is 4.74 Å². The largest absolute Gasteiger partial charge is 0.464 e. The van der Waals surface area contributed by atoms with E-state index in [0.29, 0.717) is 13.0 Å². The summed E-state index contributed by atoms with van der Waals surface area (Å²) in [5.74, 6) is -0.284. The zero-order chi connectivity index (χ0) is 14.9. The summed E-state index contributed by atoms with van der Waals surface area (Å²) in [5.41, 5.74) is 2.04. The number of rotatable bonds is 6. The van der Waals surface area contributed by atoms with Crippen molar-refractivity contribution in [1.29, 1.82) is 0 Å². The van der Waals surface area contributed by atoms with Crippen molar-refractivity contribution in [2.75, 3.05) is 6.61 Å². The minimum atomic E-state index is -0.507. The zero-order valence-electron chi connectivity index (χ0n) is 12.1. The second-order valence-corrected chi connectivity index (χ2v) is 4.65. The van der Waals surface area contributed by atoms with Gasteiger partial charge in [-0.2, -0.15) is 0 Å². The van der Waals surface area contributed by atoms with Gasteiger partial charge in [0, 0.05) is 12.6 Å². The summed E-state index contributed by atoms with van der Waals surface area (Å²) in [6, 6.07) is 19.1. The number of ether oxygens (including phenoxy) is 1. The zero-order valence-corrected chi connectivity index (χ0v) is 12.1. The fourth-order valence-electron chi connectivity index (χ4n) is 1.99. The van der Waals surface area contributed by atoms with Gasteiger partial charge < -0.3 is 4.74 Å². The molecule has 0 aliphatic heterocycles. The lowest BCUT2D eigenvalue weighted by Gasteiger charge is -2.11. The van der Waals surface area contributed by atoms with E-state index in [9.17, 15) is 4.79 Å². The first-order chi connectivity index (χ1) is 10.3. The summed E-state index contributed by atoms with van der Waals surface area (Å²) in [6.07, 6.45) is 2.27. The molecule has 0 aliphatic carbocycles. The van der Waals surface area contributed by atoms with Crippen LogP contribution in [0.1, 0.15) is 18.1 Å². The first kappa shape index (κ1) is 15.0. The molecule has 2 aromatic carbocycles. The van der Waals surface area contributed by atoms with Crippen molar-refractivity contribution in [3.63, 3.8) is 0 Å². The summed E-state index contributed by atoms with van der Waals surface area (Å²) in [5, 5.41) is 0. The Morgan fingerprint density at radius 2 is 1.71 bits per heavy atom. The lowest BCUT2D eigenvalue weighted by atomic mass is 10.1. The molecule has 0 aliphatic rings. The van der Waals surface area contributed by atoms with Crippen molar-refractivity contribution >= 4 is 12.2 Å². The molecule has 0 saturated carbocycles. The van der Waals surface area contributed by atoms with Crippen LogP contribution in [0, 0.1) is 0 Å². The highest BCUT2D eigenvalue weighted by atomic mass is 16.5. The van der Waals surface area contributed by atoms with Crippen molar-refractivity contribution in [2.24, 2.45) is 4.99 Å². The normalized spacial score (nSPS) is 12.2. The number of hydrogen-bond acceptors (Lipinski definition) is 3. The summed E-state index contributed by atoms with van der Waals surface area (Å²) in [4.78, 5) is 16.4. The van der Waals surface area contributed by atoms with Crippen LogP contribution in [0.2, 0.25) is 0 Å². The minimum absolute atomic E-state index is 0.284. The van der Waals surface area contributed by atoms with Gasteiger partial charge in [0.25, 0.3) is 0 Å². The monoisotopic (exact) mass is 281 g/mol. The second kappa shape index (κ2) is 8.00. The van der Waals surface area contributed by atoms with E-state index in [2.05, 4.69) is 4.99 Å². The molecule has 0 aromatic heterocycles. The molecule has 3 heteroatoms. The van der Waals surface area contributed by atoms with Gasteiger partial charge in [-0.3, -0.25) is 4.99 Å². The number of nitrogens with zero attached hydrogens (tertiary/aromatic N) is 1. The second-order valence-electron chi connectivity index (χ2n) is 4.65. The Labute approximate surface area is 125 Å². The van der Waals surface area contributed by atoms with Crippen LogP contribution in [0.4, 0.5) is 0 Å². The maximum Gasteiger partial charge on any atom is 0.331 e. The molecule has 2 aromatic rings. The van der Waals surface area contributed by atoms with E-state index < -0.39 is 6.04 Å². The Morgan fingerprint density at radius 1 is 1.10 bits per heavy atom. The molecule has 3 nitrogen and oxygen atoms in total. The van der Waals surface area contributed by atoms with Gasteiger partial charge >= 0.3 is 5.97 Å². The summed E-state index contributed by atoms with van der Waals surface area (Å²) in [6.45, 7) is 2.17. The van der Waals surface area contributed by atoms with Crippen LogP contribution in [0.5, 0.6) is 0 Å². The maximum absolute atomic E-state index is 12.0. The van der Waals surface area contributed by atoms with Crippen molar-refractivity contribution < 1.29 is 9.53 Å². The lowest BCUT2D eigenvalue weighted by Crippen LogP contribution is -2.24. The van der Waals surface area contributed by atoms with Crippen LogP contribution in [0.15, 0.2) is 65.7 Å². The highest BCUT2D eigenvalue weighted by molar-refractivity contribution is 5.84. The van der Waals surface area contributed by atoms with Crippen molar-refractivity contribution in [3.8, 4) is 0 Å². The Hall–Kier alpha value is -2.42. The van der Waals surface area contributed by atoms with E-state index in [-0.39, 0.29) is 5.97 Å². The van der Waals surface area contributed by atoms with Gasteiger partial charge in [0.05, 0.1) is 6.61 Å². The average molecular weight is 281 g/mol. The highest BCUT2D eigenvalue weighted by Crippen LogP contribution is 2.08. The van der Waals surface area contributed by atoms with Crippen LogP contribution in [-0.4, -0.2) is 24.8 Å². The summed E-state index contributed by atoms with van der Waals surface area (Å²) >= 11 is 0. The molecule has 21 heavy (non-hydrogen) atoms. The molecule has 1 atom stereocenters. The predicted molar refractivity (Wildman–Crippen MR) is 84.6 cm³/mol. The number of carbonyl (C=O) groups is 1. The van der Waals surface area contributed by atoms with Gasteiger partial charge in [-0.15, -0.1) is 0 Å². The van der Waals surface area contributed by atoms with Gasteiger partial charge in [0.1, 0.15) is 0 Å². The minimum Gasteiger partial charge on any atom is -0.464 e. The van der Waals surface area contributed by atoms with Crippen LogP contribution in [0.25, 0.3) is 0 Å². The third-order valence-corrected chi connectivity index (χ3v) is 3.03. The van der Waals surface area contributed by atoms with Gasteiger partial charge in [-0.1, -0.05) is 60.7 Å². The molecule has 0 spiro atoms. The molecule has 0 bridgehead atoms. The van der Waals surface area contributed by atoms with Gasteiger partial charge in [-0.25, -0.2) is 4.79 Å². The maximum atomic E-state index is 12.0. The Kier molecular flexibility index (Phi) is 5.71. The Morgan fingerprint density at radius 3 is 2.33 bits per heavy atom. The molecule has 0 N–H and O–H groups in total. The molecule has 0 amide bonds. The molecule has 108 valence electrons. The van der Waals surface area contributed by atoms with Gasteiger partial charge in [0.15, 0.2) is 6.04 Å². The van der Waals surface area contributed by atoms with Crippen LogP contribution in [-0.2, 0) is 16.0 Å². The number of carbonyl (C=O) groups excluding carboxylic acids is 1. The van der Waals surface area contributed by atoms with Gasteiger partial charge in [-0.05, 0) is 18.1 Å². The smallest absolute Gasteiger partial charge is 0.331 e. The summed E-state index contributed by atoms with van der Waals surface area (Å²) < 4.78 is 5.11. The SMILES string of the molecule is CCOC(=O)[C@H](Cc1ccccc1)N=Cc1ccccc1. The number of hydrogen-bond donors (Lipinski definition) is 0. The third-order valence-electron chi connectivity index (χ3n) is 3.03. The first-order valence-corrected chi connectivity index (χ1v) is 7.08. The van der Waals surface area contributed by atoms with E-state index in [0.717, 1.165) is 11.1 Å².